The molecule has 0 fully saturated rings. The first-order valence-electron chi connectivity index (χ1n) is 4.60. The molecule has 0 aliphatic rings. The lowest BCUT2D eigenvalue weighted by Crippen LogP contribution is -2.28. The molecule has 1 amide bonds. The van der Waals surface area contributed by atoms with Crippen molar-refractivity contribution in [1.29, 1.82) is 0 Å². The number of hydrogen-bond donors (Lipinski definition) is 1. The summed E-state index contributed by atoms with van der Waals surface area (Å²) in [5, 5.41) is 3.82. The first kappa shape index (κ1) is 11.3. The Morgan fingerprint density at radius 3 is 3.07 bits per heavy atom. The molecule has 78 valence electrons. The zero-order valence-electron chi connectivity index (χ0n) is 8.13. The summed E-state index contributed by atoms with van der Waals surface area (Å²) in [6, 6.07) is 1.66. The molecule has 0 saturated carbocycles. The molecule has 0 aliphatic heterocycles. The fourth-order valence-corrected chi connectivity index (χ4v) is 1.83. The van der Waals surface area contributed by atoms with E-state index in [1.54, 1.807) is 6.07 Å². The van der Waals surface area contributed by atoms with Crippen molar-refractivity contribution in [3.8, 4) is 0 Å². The molecule has 0 saturated heterocycles. The molecule has 14 heavy (non-hydrogen) atoms. The molecular weight excluding hydrogens is 246 g/mol. The lowest BCUT2D eigenvalue weighted by atomic mass is 10.1. The van der Waals surface area contributed by atoms with E-state index in [-0.39, 0.29) is 5.91 Å². The van der Waals surface area contributed by atoms with Crippen LogP contribution in [0.3, 0.4) is 0 Å². The van der Waals surface area contributed by atoms with Crippen LogP contribution in [0.5, 0.6) is 0 Å². The monoisotopic (exact) mass is 259 g/mol. The van der Waals surface area contributed by atoms with E-state index in [1.807, 2.05) is 0 Å². The molecule has 0 aromatic carbocycles. The number of halogens is 1. The number of furan rings is 1. The molecule has 4 heteroatoms. The minimum absolute atomic E-state index is 0.0693. The Morgan fingerprint density at radius 2 is 2.50 bits per heavy atom. The van der Waals surface area contributed by atoms with Crippen molar-refractivity contribution in [2.24, 2.45) is 5.92 Å². The molecule has 0 bridgehead atoms. The average Bonchev–Trinajstić information content (AvgIpc) is 2.67. The Hall–Kier alpha value is -0.770. The lowest BCUT2D eigenvalue weighted by Gasteiger charge is -2.09. The third-order valence-electron chi connectivity index (χ3n) is 2.00. The Bertz CT molecular complexity index is 272. The summed E-state index contributed by atoms with van der Waals surface area (Å²) < 4.78 is 4.82. The number of carbonyl (C=O) groups excluding carboxylic acids is 1. The number of rotatable bonds is 5. The van der Waals surface area contributed by atoms with Crippen molar-refractivity contribution >= 4 is 21.8 Å². The summed E-state index contributed by atoms with van der Waals surface area (Å²) in [6.45, 7) is 2.81. The van der Waals surface area contributed by atoms with Gasteiger partial charge in [0, 0.05) is 11.9 Å². The van der Waals surface area contributed by atoms with Crippen LogP contribution in [-0.2, 0) is 0 Å². The van der Waals surface area contributed by atoms with Gasteiger partial charge in [-0.05, 0) is 18.4 Å². The number of nitrogens with one attached hydrogen (secondary N) is 1. The molecule has 0 radical (unpaired) electrons. The van der Waals surface area contributed by atoms with Crippen molar-refractivity contribution in [3.05, 3.63) is 24.2 Å². The van der Waals surface area contributed by atoms with Crippen molar-refractivity contribution in [3.63, 3.8) is 0 Å². The van der Waals surface area contributed by atoms with Gasteiger partial charge in [-0.15, -0.1) is 0 Å². The van der Waals surface area contributed by atoms with Gasteiger partial charge in [-0.2, -0.15) is 0 Å². The van der Waals surface area contributed by atoms with E-state index in [9.17, 15) is 4.79 Å². The van der Waals surface area contributed by atoms with Crippen molar-refractivity contribution < 1.29 is 9.21 Å². The van der Waals surface area contributed by atoms with E-state index >= 15 is 0 Å². The van der Waals surface area contributed by atoms with Gasteiger partial charge in [-0.25, -0.2) is 0 Å². The van der Waals surface area contributed by atoms with E-state index in [4.69, 9.17) is 4.42 Å². The van der Waals surface area contributed by atoms with Gasteiger partial charge in [-0.3, -0.25) is 4.79 Å². The van der Waals surface area contributed by atoms with E-state index < -0.39 is 0 Å². The summed E-state index contributed by atoms with van der Waals surface area (Å²) in [5.74, 6) is 0.422. The molecule has 0 aliphatic carbocycles. The van der Waals surface area contributed by atoms with Gasteiger partial charge in [0.2, 0.25) is 0 Å². The minimum Gasteiger partial charge on any atom is -0.472 e. The Balaban J connectivity index is 2.28. The maximum Gasteiger partial charge on any atom is 0.254 e. The Morgan fingerprint density at radius 1 is 1.71 bits per heavy atom. The second kappa shape index (κ2) is 5.86. The maximum absolute atomic E-state index is 11.4. The van der Waals surface area contributed by atoms with E-state index in [0.717, 1.165) is 11.8 Å². The van der Waals surface area contributed by atoms with E-state index in [2.05, 4.69) is 28.2 Å². The second-order valence-electron chi connectivity index (χ2n) is 3.30. The van der Waals surface area contributed by atoms with Gasteiger partial charge in [0.1, 0.15) is 6.26 Å². The van der Waals surface area contributed by atoms with Crippen LogP contribution in [-0.4, -0.2) is 17.8 Å². The summed E-state index contributed by atoms with van der Waals surface area (Å²) in [5.41, 5.74) is 0.580. The molecule has 1 aromatic heterocycles. The predicted molar refractivity (Wildman–Crippen MR) is 58.6 cm³/mol. The largest absolute Gasteiger partial charge is 0.472 e. The molecule has 1 N–H and O–H groups in total. The third kappa shape index (κ3) is 3.54. The molecule has 0 spiro atoms. The second-order valence-corrected chi connectivity index (χ2v) is 4.10. The molecule has 1 unspecified atom stereocenters. The van der Waals surface area contributed by atoms with Crippen LogP contribution in [0, 0.1) is 5.92 Å². The predicted octanol–water partition coefficient (Wildman–Crippen LogP) is 2.43. The summed E-state index contributed by atoms with van der Waals surface area (Å²) >= 11 is 3.37. The van der Waals surface area contributed by atoms with Gasteiger partial charge in [0.05, 0.1) is 11.8 Å². The fourth-order valence-electron chi connectivity index (χ4n) is 1.05. The highest BCUT2D eigenvalue weighted by molar-refractivity contribution is 9.09. The van der Waals surface area contributed by atoms with Crippen LogP contribution in [0.4, 0.5) is 0 Å². The minimum atomic E-state index is -0.0693. The Kier molecular flexibility index (Phi) is 4.73. The van der Waals surface area contributed by atoms with Gasteiger partial charge in [-0.1, -0.05) is 22.9 Å². The standard InChI is InChI=1S/C10H14BrNO2/c1-8(2-4-11)6-12-10(13)9-3-5-14-7-9/h3,5,7-8H,2,4,6H2,1H3,(H,12,13). The number of hydrogen-bond acceptors (Lipinski definition) is 2. The maximum atomic E-state index is 11.4. The van der Waals surface area contributed by atoms with Crippen LogP contribution in [0.15, 0.2) is 23.0 Å². The zero-order chi connectivity index (χ0) is 10.4. The third-order valence-corrected chi connectivity index (χ3v) is 2.45. The smallest absolute Gasteiger partial charge is 0.254 e. The van der Waals surface area contributed by atoms with Crippen molar-refractivity contribution in [2.45, 2.75) is 13.3 Å². The summed E-state index contributed by atoms with van der Waals surface area (Å²) in [4.78, 5) is 11.4. The quantitative estimate of drug-likeness (QED) is 0.826. The van der Waals surface area contributed by atoms with E-state index in [1.165, 1.54) is 12.5 Å². The molecule has 1 heterocycles. The van der Waals surface area contributed by atoms with Crippen LogP contribution in [0.1, 0.15) is 23.7 Å². The van der Waals surface area contributed by atoms with E-state index in [0.29, 0.717) is 18.0 Å². The van der Waals surface area contributed by atoms with Crippen LogP contribution < -0.4 is 5.32 Å². The van der Waals surface area contributed by atoms with Gasteiger partial charge in [0.25, 0.3) is 5.91 Å². The normalized spacial score (nSPS) is 12.4. The summed E-state index contributed by atoms with van der Waals surface area (Å²) in [7, 11) is 0. The highest BCUT2D eigenvalue weighted by atomic mass is 79.9. The first-order chi connectivity index (χ1) is 6.74. The number of carbonyl (C=O) groups is 1. The first-order valence-corrected chi connectivity index (χ1v) is 5.72. The number of amides is 1. The van der Waals surface area contributed by atoms with Gasteiger partial charge < -0.3 is 9.73 Å². The highest BCUT2D eigenvalue weighted by Gasteiger charge is 2.07. The lowest BCUT2D eigenvalue weighted by molar-refractivity contribution is 0.0947. The molecule has 1 aromatic rings. The van der Waals surface area contributed by atoms with Crippen LogP contribution >= 0.6 is 15.9 Å². The van der Waals surface area contributed by atoms with Crippen LogP contribution in [0.25, 0.3) is 0 Å². The molecule has 1 rings (SSSR count). The Labute approximate surface area is 92.0 Å². The highest BCUT2D eigenvalue weighted by Crippen LogP contribution is 2.04. The zero-order valence-corrected chi connectivity index (χ0v) is 9.71. The topological polar surface area (TPSA) is 42.2 Å². The van der Waals surface area contributed by atoms with Gasteiger partial charge in [0.15, 0.2) is 0 Å². The van der Waals surface area contributed by atoms with Crippen molar-refractivity contribution in [1.82, 2.24) is 5.32 Å². The fraction of sp³-hybridized carbons (Fsp3) is 0.500. The molecule has 3 nitrogen and oxygen atoms in total. The average molecular weight is 260 g/mol. The summed E-state index contributed by atoms with van der Waals surface area (Å²) in [6.07, 6.45) is 4.01. The van der Waals surface area contributed by atoms with Crippen molar-refractivity contribution in [2.75, 3.05) is 11.9 Å². The number of alkyl halides is 1. The van der Waals surface area contributed by atoms with Gasteiger partial charge >= 0.3 is 0 Å². The molecule has 1 atom stereocenters. The van der Waals surface area contributed by atoms with Crippen LogP contribution in [0.2, 0.25) is 0 Å². The molecular formula is C10H14BrNO2. The SMILES string of the molecule is CC(CCBr)CNC(=O)c1ccoc1.